The Morgan fingerprint density at radius 2 is 2.25 bits per heavy atom. The topological polar surface area (TPSA) is 58.4 Å². The number of rotatable bonds is 5. The Bertz CT molecular complexity index is 626. The van der Waals surface area contributed by atoms with E-state index in [1.165, 1.54) is 17.4 Å². The summed E-state index contributed by atoms with van der Waals surface area (Å²) >= 11 is 1.24. The molecule has 20 heavy (non-hydrogen) atoms. The van der Waals surface area contributed by atoms with E-state index in [0.29, 0.717) is 21.5 Å². The molecule has 1 aromatic carbocycles. The van der Waals surface area contributed by atoms with Gasteiger partial charge in [-0.3, -0.25) is 4.79 Å². The highest BCUT2D eigenvalue weighted by atomic mass is 32.1. The molecule has 0 aliphatic carbocycles. The number of halogens is 1. The first-order valence-corrected chi connectivity index (χ1v) is 7.24. The zero-order valence-corrected chi connectivity index (χ0v) is 12.4. The largest absolute Gasteiger partial charge is 0.397 e. The first-order valence-electron chi connectivity index (χ1n) is 6.42. The van der Waals surface area contributed by atoms with Crippen molar-refractivity contribution in [3.8, 4) is 0 Å². The molecule has 0 saturated carbocycles. The second-order valence-electron chi connectivity index (χ2n) is 4.64. The van der Waals surface area contributed by atoms with Crippen LogP contribution in [0.25, 0.3) is 10.1 Å². The molecule has 0 aliphatic rings. The van der Waals surface area contributed by atoms with Crippen LogP contribution in [0.4, 0.5) is 10.1 Å². The number of hydrogen-bond acceptors (Lipinski definition) is 4. The van der Waals surface area contributed by atoms with Crippen LogP contribution in [0.3, 0.4) is 0 Å². The van der Waals surface area contributed by atoms with Crippen LogP contribution < -0.4 is 11.1 Å². The predicted octanol–water partition coefficient (Wildman–Crippen LogP) is 2.30. The number of benzene rings is 1. The van der Waals surface area contributed by atoms with E-state index >= 15 is 0 Å². The van der Waals surface area contributed by atoms with Crippen LogP contribution in [-0.2, 0) is 0 Å². The number of nitrogen functional groups attached to an aromatic ring is 1. The summed E-state index contributed by atoms with van der Waals surface area (Å²) in [6.45, 7) is 1.48. The fourth-order valence-electron chi connectivity index (χ4n) is 2.06. The van der Waals surface area contributed by atoms with Crippen LogP contribution in [0.5, 0.6) is 0 Å². The standard InChI is InChI=1S/C14H18FN3OS/c1-17-7-4-8-18(2)14(19)13-12(16)11-9(15)5-3-6-10(11)20-13/h3,5-6,17H,4,7-8,16H2,1-2H3. The molecule has 0 atom stereocenters. The van der Waals surface area contributed by atoms with Crippen molar-refractivity contribution < 1.29 is 9.18 Å². The molecule has 0 unspecified atom stereocenters. The minimum absolute atomic E-state index is 0.154. The van der Waals surface area contributed by atoms with Crippen LogP contribution in [0, 0.1) is 5.82 Å². The lowest BCUT2D eigenvalue weighted by Gasteiger charge is -2.16. The lowest BCUT2D eigenvalue weighted by atomic mass is 10.2. The maximum absolute atomic E-state index is 13.8. The van der Waals surface area contributed by atoms with E-state index in [2.05, 4.69) is 5.32 Å². The summed E-state index contributed by atoms with van der Waals surface area (Å²) in [6, 6.07) is 4.76. The van der Waals surface area contributed by atoms with E-state index in [1.54, 1.807) is 24.1 Å². The Hall–Kier alpha value is -1.66. The van der Waals surface area contributed by atoms with Gasteiger partial charge in [0.05, 0.1) is 11.1 Å². The Balaban J connectivity index is 2.26. The molecule has 0 saturated heterocycles. The van der Waals surface area contributed by atoms with Gasteiger partial charge in [-0.1, -0.05) is 6.07 Å². The number of nitrogens with one attached hydrogen (secondary N) is 1. The van der Waals surface area contributed by atoms with Crippen molar-refractivity contribution in [2.45, 2.75) is 6.42 Å². The smallest absolute Gasteiger partial charge is 0.265 e. The quantitative estimate of drug-likeness (QED) is 0.832. The summed E-state index contributed by atoms with van der Waals surface area (Å²) in [4.78, 5) is 14.4. The van der Waals surface area contributed by atoms with E-state index in [9.17, 15) is 9.18 Å². The number of fused-ring (bicyclic) bond motifs is 1. The normalized spacial score (nSPS) is 10.9. The van der Waals surface area contributed by atoms with E-state index in [4.69, 9.17) is 5.73 Å². The summed E-state index contributed by atoms with van der Waals surface area (Å²) < 4.78 is 14.5. The van der Waals surface area contributed by atoms with E-state index in [1.807, 2.05) is 7.05 Å². The third-order valence-corrected chi connectivity index (χ3v) is 4.32. The van der Waals surface area contributed by atoms with E-state index in [-0.39, 0.29) is 17.4 Å². The van der Waals surface area contributed by atoms with Crippen molar-refractivity contribution >= 4 is 33.0 Å². The molecular weight excluding hydrogens is 277 g/mol. The molecule has 0 radical (unpaired) electrons. The van der Waals surface area contributed by atoms with Gasteiger partial charge in [-0.2, -0.15) is 0 Å². The molecule has 0 spiro atoms. The molecule has 0 aliphatic heterocycles. The Kier molecular flexibility index (Phi) is 4.57. The molecule has 2 rings (SSSR count). The highest BCUT2D eigenvalue weighted by molar-refractivity contribution is 7.21. The van der Waals surface area contributed by atoms with Crippen molar-refractivity contribution in [2.24, 2.45) is 0 Å². The zero-order chi connectivity index (χ0) is 14.7. The fraction of sp³-hybridized carbons (Fsp3) is 0.357. The van der Waals surface area contributed by atoms with Crippen molar-refractivity contribution in [1.82, 2.24) is 10.2 Å². The van der Waals surface area contributed by atoms with Gasteiger partial charge < -0.3 is 16.0 Å². The van der Waals surface area contributed by atoms with Crippen LogP contribution in [-0.4, -0.2) is 38.0 Å². The van der Waals surface area contributed by atoms with Gasteiger partial charge >= 0.3 is 0 Å². The number of nitrogens with two attached hydrogens (primary N) is 1. The third kappa shape index (κ3) is 2.76. The van der Waals surface area contributed by atoms with Crippen LogP contribution in [0.1, 0.15) is 16.1 Å². The summed E-state index contributed by atoms with van der Waals surface area (Å²) in [6.07, 6.45) is 0.859. The fourth-order valence-corrected chi connectivity index (χ4v) is 3.19. The van der Waals surface area contributed by atoms with Crippen LogP contribution in [0.2, 0.25) is 0 Å². The summed E-state index contributed by atoms with van der Waals surface area (Å²) in [5, 5.41) is 3.38. The molecule has 4 nitrogen and oxygen atoms in total. The molecule has 0 fully saturated rings. The molecule has 1 amide bonds. The van der Waals surface area contributed by atoms with Crippen molar-refractivity contribution in [2.75, 3.05) is 32.9 Å². The molecule has 0 bridgehead atoms. The summed E-state index contributed by atoms with van der Waals surface area (Å²) in [5.74, 6) is -0.535. The van der Waals surface area contributed by atoms with Crippen molar-refractivity contribution in [1.29, 1.82) is 0 Å². The average molecular weight is 295 g/mol. The molecule has 1 heterocycles. The monoisotopic (exact) mass is 295 g/mol. The molecule has 3 N–H and O–H groups in total. The Morgan fingerprint density at radius 1 is 1.50 bits per heavy atom. The van der Waals surface area contributed by atoms with Gasteiger partial charge in [0.2, 0.25) is 0 Å². The molecular formula is C14H18FN3OS. The maximum atomic E-state index is 13.8. The van der Waals surface area contributed by atoms with Gasteiger partial charge in [-0.25, -0.2) is 4.39 Å². The maximum Gasteiger partial charge on any atom is 0.265 e. The number of thiophene rings is 1. The Labute approximate surface area is 121 Å². The van der Waals surface area contributed by atoms with Gasteiger partial charge in [-0.15, -0.1) is 11.3 Å². The molecule has 108 valence electrons. The molecule has 2 aromatic rings. The number of hydrogen-bond donors (Lipinski definition) is 2. The molecule has 6 heteroatoms. The van der Waals surface area contributed by atoms with Gasteiger partial charge in [0.1, 0.15) is 10.7 Å². The predicted molar refractivity (Wildman–Crippen MR) is 81.7 cm³/mol. The number of amides is 1. The minimum Gasteiger partial charge on any atom is -0.397 e. The van der Waals surface area contributed by atoms with Crippen molar-refractivity contribution in [3.05, 3.63) is 28.9 Å². The second-order valence-corrected chi connectivity index (χ2v) is 5.69. The van der Waals surface area contributed by atoms with E-state index < -0.39 is 0 Å². The Morgan fingerprint density at radius 3 is 2.90 bits per heavy atom. The SMILES string of the molecule is CNCCCN(C)C(=O)c1sc2cccc(F)c2c1N. The third-order valence-electron chi connectivity index (χ3n) is 3.16. The minimum atomic E-state index is -0.381. The number of carbonyl (C=O) groups excluding carboxylic acids is 1. The van der Waals surface area contributed by atoms with Gasteiger partial charge in [-0.05, 0) is 32.1 Å². The van der Waals surface area contributed by atoms with Crippen LogP contribution in [0.15, 0.2) is 18.2 Å². The highest BCUT2D eigenvalue weighted by Gasteiger charge is 2.21. The van der Waals surface area contributed by atoms with Crippen molar-refractivity contribution in [3.63, 3.8) is 0 Å². The van der Waals surface area contributed by atoms with E-state index in [0.717, 1.165) is 13.0 Å². The lowest BCUT2D eigenvalue weighted by molar-refractivity contribution is 0.0799. The number of nitrogens with zero attached hydrogens (tertiary/aromatic N) is 1. The first kappa shape index (κ1) is 14.7. The zero-order valence-electron chi connectivity index (χ0n) is 11.6. The number of anilines is 1. The van der Waals surface area contributed by atoms with Gasteiger partial charge in [0, 0.05) is 18.3 Å². The van der Waals surface area contributed by atoms with Crippen LogP contribution >= 0.6 is 11.3 Å². The summed E-state index contributed by atoms with van der Waals surface area (Å²) in [7, 11) is 3.60. The highest BCUT2D eigenvalue weighted by Crippen LogP contribution is 2.35. The average Bonchev–Trinajstić information content (AvgIpc) is 2.76. The second kappa shape index (κ2) is 6.19. The molecule has 1 aromatic heterocycles. The van der Waals surface area contributed by atoms with Gasteiger partial charge in [0.15, 0.2) is 0 Å². The summed E-state index contributed by atoms with van der Waals surface area (Å²) in [5.41, 5.74) is 6.19. The number of carbonyl (C=O) groups is 1. The van der Waals surface area contributed by atoms with Gasteiger partial charge in [0.25, 0.3) is 5.91 Å². The first-order chi connectivity index (χ1) is 9.56. The lowest BCUT2D eigenvalue weighted by Crippen LogP contribution is -2.29.